The van der Waals surface area contributed by atoms with Crippen LogP contribution in [0.4, 0.5) is 8.78 Å². The van der Waals surface area contributed by atoms with Gasteiger partial charge in [0.1, 0.15) is 0 Å². The Labute approximate surface area is 186 Å². The molecule has 1 aromatic carbocycles. The summed E-state index contributed by atoms with van der Waals surface area (Å²) in [6.45, 7) is 2.22. The number of unbranched alkanes of at least 4 members (excludes halogenated alkanes) is 7. The number of benzene rings is 1. The maximum Gasteiger partial charge on any atom is 0.201 e. The summed E-state index contributed by atoms with van der Waals surface area (Å²) >= 11 is 0. The number of hydrogen-bond acceptors (Lipinski definition) is 2. The Kier molecular flexibility index (Phi) is 7.56. The maximum atomic E-state index is 15.2. The van der Waals surface area contributed by atoms with E-state index < -0.39 is 17.9 Å². The molecule has 4 aliphatic carbocycles. The highest BCUT2D eigenvalue weighted by molar-refractivity contribution is 5.37. The van der Waals surface area contributed by atoms with Crippen LogP contribution in [0, 0.1) is 29.4 Å². The molecule has 0 saturated heterocycles. The molecule has 1 N–H and O–H groups in total. The van der Waals surface area contributed by atoms with Crippen molar-refractivity contribution in [2.45, 2.75) is 115 Å². The second kappa shape index (κ2) is 10.2. The van der Waals surface area contributed by atoms with Gasteiger partial charge in [-0.25, -0.2) is 4.39 Å². The lowest BCUT2D eigenvalue weighted by atomic mass is 9.48. The molecule has 0 aliphatic heterocycles. The van der Waals surface area contributed by atoms with Gasteiger partial charge in [-0.3, -0.25) is 0 Å². The van der Waals surface area contributed by atoms with Crippen molar-refractivity contribution in [3.63, 3.8) is 0 Å². The van der Waals surface area contributed by atoms with Crippen molar-refractivity contribution in [2.75, 3.05) is 0 Å². The minimum absolute atomic E-state index is 0.155. The fraction of sp³-hybridized carbons (Fsp3) is 0.778. The Morgan fingerprint density at radius 3 is 2.00 bits per heavy atom. The molecule has 4 bridgehead atoms. The second-order valence-electron chi connectivity index (χ2n) is 10.8. The van der Waals surface area contributed by atoms with Gasteiger partial charge in [0.15, 0.2) is 17.9 Å². The Morgan fingerprint density at radius 2 is 1.42 bits per heavy atom. The Bertz CT molecular complexity index is 697. The number of ether oxygens (including phenoxy) is 1. The number of hydrogen-bond donors (Lipinski definition) is 1. The van der Waals surface area contributed by atoms with Crippen molar-refractivity contribution >= 4 is 0 Å². The third kappa shape index (κ3) is 5.26. The van der Waals surface area contributed by atoms with Crippen LogP contribution in [0.2, 0.25) is 0 Å². The molecule has 4 aliphatic rings. The predicted octanol–water partition coefficient (Wildman–Crippen LogP) is 7.66. The molecule has 0 aromatic heterocycles. The highest BCUT2D eigenvalue weighted by Crippen LogP contribution is 2.61. The average Bonchev–Trinajstić information content (AvgIpc) is 2.72. The molecule has 174 valence electrons. The molecule has 4 saturated carbocycles. The molecule has 0 radical (unpaired) electrons. The van der Waals surface area contributed by atoms with Crippen LogP contribution in [0.15, 0.2) is 12.1 Å². The third-order valence-electron chi connectivity index (χ3n) is 8.22. The Hall–Kier alpha value is -1.16. The monoisotopic (exact) mass is 434 g/mol. The molecule has 4 heteroatoms. The Balaban J connectivity index is 1.29. The van der Waals surface area contributed by atoms with Crippen molar-refractivity contribution in [3.05, 3.63) is 29.3 Å². The van der Waals surface area contributed by atoms with Gasteiger partial charge >= 0.3 is 0 Å². The second-order valence-corrected chi connectivity index (χ2v) is 10.8. The highest BCUT2D eigenvalue weighted by atomic mass is 19.2. The van der Waals surface area contributed by atoms with Gasteiger partial charge in [-0.05, 0) is 79.7 Å². The van der Waals surface area contributed by atoms with Crippen LogP contribution in [0.3, 0.4) is 0 Å². The lowest BCUT2D eigenvalue weighted by molar-refractivity contribution is -0.0279. The van der Waals surface area contributed by atoms with Gasteiger partial charge in [0, 0.05) is 6.42 Å². The van der Waals surface area contributed by atoms with Crippen molar-refractivity contribution in [3.8, 4) is 5.75 Å². The summed E-state index contributed by atoms with van der Waals surface area (Å²) in [5, 5.41) is 10.2. The van der Waals surface area contributed by atoms with E-state index in [2.05, 4.69) is 6.92 Å². The van der Waals surface area contributed by atoms with E-state index in [0.717, 1.165) is 38.5 Å². The molecule has 2 nitrogen and oxygen atoms in total. The zero-order valence-corrected chi connectivity index (χ0v) is 19.2. The molecule has 0 heterocycles. The standard InChI is InChI=1S/C27H40F2O2/c1-2-3-4-5-6-7-8-9-10-24(30)31-23-12-11-22(25(28)26(23)29)27-16-19-13-20(17-27)15-21(14-19)18-27/h11-12,19-21,24,30H,2-10,13-18H2,1H3. The van der Waals surface area contributed by atoms with Crippen LogP contribution in [0.5, 0.6) is 5.75 Å². The van der Waals surface area contributed by atoms with E-state index in [9.17, 15) is 9.50 Å². The molecule has 1 unspecified atom stereocenters. The van der Waals surface area contributed by atoms with Gasteiger partial charge in [-0.15, -0.1) is 0 Å². The summed E-state index contributed by atoms with van der Waals surface area (Å²) in [6, 6.07) is 3.28. The zero-order valence-electron chi connectivity index (χ0n) is 19.2. The van der Waals surface area contributed by atoms with Gasteiger partial charge < -0.3 is 9.84 Å². The van der Waals surface area contributed by atoms with E-state index in [1.807, 2.05) is 0 Å². The quantitative estimate of drug-likeness (QED) is 0.270. The van der Waals surface area contributed by atoms with Crippen LogP contribution >= 0.6 is 0 Å². The van der Waals surface area contributed by atoms with Gasteiger partial charge in [-0.1, -0.05) is 57.9 Å². The number of aliphatic hydroxyl groups excluding tert-OH is 1. The first-order valence-electron chi connectivity index (χ1n) is 12.8. The van der Waals surface area contributed by atoms with Crippen molar-refractivity contribution in [1.29, 1.82) is 0 Å². The van der Waals surface area contributed by atoms with E-state index >= 15 is 4.39 Å². The van der Waals surface area contributed by atoms with Crippen molar-refractivity contribution < 1.29 is 18.6 Å². The largest absolute Gasteiger partial charge is 0.462 e. The van der Waals surface area contributed by atoms with E-state index in [4.69, 9.17) is 4.74 Å². The fourth-order valence-corrected chi connectivity index (χ4v) is 7.13. The maximum absolute atomic E-state index is 15.2. The first-order valence-corrected chi connectivity index (χ1v) is 12.8. The average molecular weight is 435 g/mol. The van der Waals surface area contributed by atoms with Crippen LogP contribution in [-0.2, 0) is 5.41 Å². The molecular weight excluding hydrogens is 394 g/mol. The van der Waals surface area contributed by atoms with Gasteiger partial charge in [0.25, 0.3) is 0 Å². The molecule has 0 spiro atoms. The van der Waals surface area contributed by atoms with Gasteiger partial charge in [-0.2, -0.15) is 4.39 Å². The van der Waals surface area contributed by atoms with Crippen LogP contribution in [0.1, 0.15) is 109 Å². The number of halogens is 2. The SMILES string of the molecule is CCCCCCCCCCC(O)Oc1ccc(C23CC4CC(CC(C4)C2)C3)c(F)c1F. The summed E-state index contributed by atoms with van der Waals surface area (Å²) < 4.78 is 35.5. The summed E-state index contributed by atoms with van der Waals surface area (Å²) in [5.74, 6) is 0.203. The third-order valence-corrected chi connectivity index (χ3v) is 8.22. The molecule has 1 atom stereocenters. The van der Waals surface area contributed by atoms with E-state index in [1.54, 1.807) is 12.1 Å². The lowest BCUT2D eigenvalue weighted by Gasteiger charge is -2.57. The molecule has 31 heavy (non-hydrogen) atoms. The Morgan fingerprint density at radius 1 is 0.871 bits per heavy atom. The normalized spacial score (nSPS) is 30.0. The van der Waals surface area contributed by atoms with E-state index in [1.165, 1.54) is 51.4 Å². The van der Waals surface area contributed by atoms with Crippen molar-refractivity contribution in [1.82, 2.24) is 0 Å². The lowest BCUT2D eigenvalue weighted by Crippen LogP contribution is -2.49. The minimum Gasteiger partial charge on any atom is -0.462 e. The first kappa shape index (κ1) is 23.0. The molecule has 1 aromatic rings. The predicted molar refractivity (Wildman–Crippen MR) is 120 cm³/mol. The summed E-state index contributed by atoms with van der Waals surface area (Å²) in [5.41, 5.74) is 0.363. The summed E-state index contributed by atoms with van der Waals surface area (Å²) in [6.07, 6.45) is 15.6. The first-order chi connectivity index (χ1) is 15.0. The molecule has 5 rings (SSSR count). The van der Waals surface area contributed by atoms with Crippen LogP contribution < -0.4 is 4.74 Å². The smallest absolute Gasteiger partial charge is 0.201 e. The summed E-state index contributed by atoms with van der Waals surface area (Å²) in [7, 11) is 0. The van der Waals surface area contributed by atoms with Crippen LogP contribution in [0.25, 0.3) is 0 Å². The van der Waals surface area contributed by atoms with Crippen LogP contribution in [-0.4, -0.2) is 11.4 Å². The van der Waals surface area contributed by atoms with Gasteiger partial charge in [0.2, 0.25) is 5.82 Å². The van der Waals surface area contributed by atoms with Crippen molar-refractivity contribution in [2.24, 2.45) is 17.8 Å². The topological polar surface area (TPSA) is 29.5 Å². The molecular formula is C27H40F2O2. The minimum atomic E-state index is -1.08. The zero-order chi connectivity index (χ0) is 21.8. The molecule has 0 amide bonds. The molecule has 4 fully saturated rings. The van der Waals surface area contributed by atoms with E-state index in [0.29, 0.717) is 29.7 Å². The van der Waals surface area contributed by atoms with E-state index in [-0.39, 0.29) is 11.2 Å². The number of aliphatic hydroxyl groups is 1. The summed E-state index contributed by atoms with van der Waals surface area (Å²) in [4.78, 5) is 0. The van der Waals surface area contributed by atoms with Gasteiger partial charge in [0.05, 0.1) is 0 Å². The number of rotatable bonds is 12. The fourth-order valence-electron chi connectivity index (χ4n) is 7.13. The highest BCUT2D eigenvalue weighted by Gasteiger charge is 2.52.